The molecule has 5 nitrogen and oxygen atoms in total. The number of rotatable bonds is 2. The number of halogens is 1. The Bertz CT molecular complexity index is 580. The third-order valence-corrected chi connectivity index (χ3v) is 3.44. The summed E-state index contributed by atoms with van der Waals surface area (Å²) in [5.74, 6) is 2.40. The number of nitrogens with zero attached hydrogens (tertiary/aromatic N) is 2. The molecule has 1 unspecified atom stereocenters. The first-order valence-electron chi connectivity index (χ1n) is 5.57. The van der Waals surface area contributed by atoms with E-state index in [-0.39, 0.29) is 11.8 Å². The van der Waals surface area contributed by atoms with Crippen LogP contribution in [0.4, 0.5) is 5.82 Å². The number of carbonyl (C=O) groups excluding carboxylic acids is 2. The summed E-state index contributed by atoms with van der Waals surface area (Å²) in [7, 11) is 1.30. The van der Waals surface area contributed by atoms with Crippen molar-refractivity contribution in [1.82, 2.24) is 4.98 Å². The average molecular weight is 323 g/mol. The van der Waals surface area contributed by atoms with Gasteiger partial charge in [0.1, 0.15) is 5.82 Å². The maximum absolute atomic E-state index is 11.8. The number of pyridine rings is 1. The minimum atomic E-state index is -0.478. The summed E-state index contributed by atoms with van der Waals surface area (Å²) in [4.78, 5) is 28.9. The first-order valence-corrected chi connectivity index (χ1v) is 6.36. The average Bonchev–Trinajstić information content (AvgIpc) is 2.79. The minimum absolute atomic E-state index is 0.0676. The van der Waals surface area contributed by atoms with Gasteiger partial charge in [0.25, 0.3) is 0 Å². The van der Waals surface area contributed by atoms with Gasteiger partial charge in [0, 0.05) is 25.1 Å². The maximum atomic E-state index is 11.8. The summed E-state index contributed by atoms with van der Waals surface area (Å²) in [6.45, 7) is 0.443. The van der Waals surface area contributed by atoms with Gasteiger partial charge in [0.2, 0.25) is 5.91 Å². The lowest BCUT2D eigenvalue weighted by Gasteiger charge is -2.16. The van der Waals surface area contributed by atoms with Crippen molar-refractivity contribution in [3.63, 3.8) is 0 Å². The minimum Gasteiger partial charge on any atom is -0.465 e. The van der Waals surface area contributed by atoms with E-state index in [0.717, 1.165) is 0 Å². The van der Waals surface area contributed by atoms with Crippen LogP contribution >= 0.6 is 15.9 Å². The van der Waals surface area contributed by atoms with Crippen LogP contribution < -0.4 is 4.90 Å². The van der Waals surface area contributed by atoms with Crippen LogP contribution in [0.1, 0.15) is 16.8 Å². The van der Waals surface area contributed by atoms with Gasteiger partial charge in [-0.3, -0.25) is 9.69 Å². The summed E-state index contributed by atoms with van der Waals surface area (Å²) in [5, 5.41) is 0. The summed E-state index contributed by atoms with van der Waals surface area (Å²) in [5.41, 5.74) is 0.318. The molecule has 0 aromatic carbocycles. The van der Waals surface area contributed by atoms with E-state index in [1.165, 1.54) is 18.2 Å². The van der Waals surface area contributed by atoms with E-state index in [1.807, 2.05) is 0 Å². The summed E-state index contributed by atoms with van der Waals surface area (Å²) < 4.78 is 5.16. The van der Waals surface area contributed by atoms with Crippen LogP contribution in [0.25, 0.3) is 0 Å². The van der Waals surface area contributed by atoms with Gasteiger partial charge in [0.15, 0.2) is 0 Å². The monoisotopic (exact) mass is 322 g/mol. The predicted octanol–water partition coefficient (Wildman–Crippen LogP) is 1.62. The largest absolute Gasteiger partial charge is 0.465 e. The van der Waals surface area contributed by atoms with Crippen LogP contribution in [0.3, 0.4) is 0 Å². The molecular formula is C13H11BrN2O3. The van der Waals surface area contributed by atoms with Gasteiger partial charge in [-0.15, -0.1) is 12.3 Å². The van der Waals surface area contributed by atoms with Crippen molar-refractivity contribution in [2.45, 2.75) is 6.42 Å². The van der Waals surface area contributed by atoms with E-state index < -0.39 is 5.97 Å². The Kier molecular flexibility index (Phi) is 3.86. The Hall–Kier alpha value is -1.87. The van der Waals surface area contributed by atoms with Gasteiger partial charge in [-0.1, -0.05) is 0 Å². The predicted molar refractivity (Wildman–Crippen MR) is 72.6 cm³/mol. The topological polar surface area (TPSA) is 59.5 Å². The molecule has 1 aromatic rings. The number of hydrogen-bond acceptors (Lipinski definition) is 4. The number of methoxy groups -OCH3 is 1. The third kappa shape index (κ3) is 2.61. The molecule has 19 heavy (non-hydrogen) atoms. The van der Waals surface area contributed by atoms with E-state index in [1.54, 1.807) is 6.07 Å². The molecule has 2 rings (SSSR count). The number of esters is 1. The number of hydrogen-bond donors (Lipinski definition) is 0. The Labute approximate surface area is 119 Å². The van der Waals surface area contributed by atoms with Gasteiger partial charge < -0.3 is 4.74 Å². The molecule has 0 saturated carbocycles. The van der Waals surface area contributed by atoms with E-state index in [9.17, 15) is 9.59 Å². The normalized spacial score (nSPS) is 18.3. The maximum Gasteiger partial charge on any atom is 0.339 e. The van der Waals surface area contributed by atoms with Crippen molar-refractivity contribution in [2.75, 3.05) is 18.6 Å². The van der Waals surface area contributed by atoms with Gasteiger partial charge in [-0.25, -0.2) is 9.78 Å². The van der Waals surface area contributed by atoms with Gasteiger partial charge in [-0.2, -0.15) is 0 Å². The highest BCUT2D eigenvalue weighted by molar-refractivity contribution is 9.10. The van der Waals surface area contributed by atoms with Crippen molar-refractivity contribution in [3.05, 3.63) is 22.3 Å². The number of aromatic nitrogens is 1. The molecule has 1 amide bonds. The lowest BCUT2D eigenvalue weighted by atomic mass is 10.1. The Morgan fingerprint density at radius 2 is 2.42 bits per heavy atom. The number of terminal acetylenes is 1. The van der Waals surface area contributed by atoms with Crippen LogP contribution in [0.5, 0.6) is 0 Å². The van der Waals surface area contributed by atoms with Crippen molar-refractivity contribution in [1.29, 1.82) is 0 Å². The van der Waals surface area contributed by atoms with Crippen molar-refractivity contribution >= 4 is 33.6 Å². The van der Waals surface area contributed by atoms with Crippen molar-refractivity contribution < 1.29 is 14.3 Å². The van der Waals surface area contributed by atoms with Crippen LogP contribution in [-0.4, -0.2) is 30.5 Å². The molecule has 2 heterocycles. The highest BCUT2D eigenvalue weighted by Crippen LogP contribution is 2.30. The summed E-state index contributed by atoms with van der Waals surface area (Å²) >= 11 is 3.31. The van der Waals surface area contributed by atoms with E-state index in [2.05, 4.69) is 31.6 Å². The second-order valence-corrected chi connectivity index (χ2v) is 4.95. The van der Waals surface area contributed by atoms with E-state index in [4.69, 9.17) is 6.42 Å². The first-order chi connectivity index (χ1) is 9.06. The lowest BCUT2D eigenvalue weighted by molar-refractivity contribution is -0.117. The summed E-state index contributed by atoms with van der Waals surface area (Å²) in [6.07, 6.45) is 7.03. The van der Waals surface area contributed by atoms with Crippen LogP contribution in [-0.2, 0) is 9.53 Å². The molecule has 0 N–H and O–H groups in total. The fourth-order valence-electron chi connectivity index (χ4n) is 1.88. The van der Waals surface area contributed by atoms with Crippen LogP contribution in [0.15, 0.2) is 16.7 Å². The lowest BCUT2D eigenvalue weighted by Crippen LogP contribution is -2.26. The Balaban J connectivity index is 2.30. The smallest absolute Gasteiger partial charge is 0.339 e. The molecule has 0 spiro atoms. The van der Waals surface area contributed by atoms with Crippen LogP contribution in [0.2, 0.25) is 0 Å². The molecule has 1 aliphatic rings. The SMILES string of the molecule is C#CC1CC(=O)N(c2ncc(C(=O)OC)cc2Br)C1. The van der Waals surface area contributed by atoms with Crippen molar-refractivity contribution in [3.8, 4) is 12.3 Å². The highest BCUT2D eigenvalue weighted by atomic mass is 79.9. The molecule has 98 valence electrons. The molecule has 0 bridgehead atoms. The van der Waals surface area contributed by atoms with Crippen LogP contribution in [0, 0.1) is 18.3 Å². The molecule has 1 aliphatic heterocycles. The molecule has 6 heteroatoms. The Morgan fingerprint density at radius 1 is 1.68 bits per heavy atom. The van der Waals surface area contributed by atoms with E-state index in [0.29, 0.717) is 28.8 Å². The zero-order chi connectivity index (χ0) is 14.0. The summed E-state index contributed by atoms with van der Waals surface area (Å²) in [6, 6.07) is 1.57. The molecular weight excluding hydrogens is 312 g/mol. The number of ether oxygens (including phenoxy) is 1. The molecule has 1 fully saturated rings. The fraction of sp³-hybridized carbons (Fsp3) is 0.308. The molecule has 0 aliphatic carbocycles. The highest BCUT2D eigenvalue weighted by Gasteiger charge is 2.31. The standard InChI is InChI=1S/C13H11BrN2O3/c1-3-8-4-11(17)16(7-8)12-10(14)5-9(6-15-12)13(18)19-2/h1,5-6,8H,4,7H2,2H3. The first kappa shape index (κ1) is 13.6. The molecule has 1 aromatic heterocycles. The van der Waals surface area contributed by atoms with Crippen molar-refractivity contribution in [2.24, 2.45) is 5.92 Å². The Morgan fingerprint density at radius 3 is 2.95 bits per heavy atom. The quantitative estimate of drug-likeness (QED) is 0.613. The second kappa shape index (κ2) is 5.41. The molecule has 0 radical (unpaired) electrons. The second-order valence-electron chi connectivity index (χ2n) is 4.09. The number of amides is 1. The number of anilines is 1. The van der Waals surface area contributed by atoms with Gasteiger partial charge >= 0.3 is 5.97 Å². The van der Waals surface area contributed by atoms with E-state index >= 15 is 0 Å². The number of carbonyl (C=O) groups is 2. The zero-order valence-corrected chi connectivity index (χ0v) is 11.8. The van der Waals surface area contributed by atoms with Gasteiger partial charge in [-0.05, 0) is 22.0 Å². The fourth-order valence-corrected chi connectivity index (χ4v) is 2.45. The van der Waals surface area contributed by atoms with Gasteiger partial charge in [0.05, 0.1) is 17.1 Å². The zero-order valence-electron chi connectivity index (χ0n) is 10.2. The molecule has 1 atom stereocenters. The third-order valence-electron chi connectivity index (χ3n) is 2.86. The molecule has 1 saturated heterocycles.